The molecule has 3 aliphatic rings. The van der Waals surface area contributed by atoms with Gasteiger partial charge in [0.1, 0.15) is 10.6 Å². The van der Waals surface area contributed by atoms with E-state index in [0.717, 1.165) is 12.8 Å². The van der Waals surface area contributed by atoms with Crippen molar-refractivity contribution in [1.29, 1.82) is 0 Å². The molecule has 1 saturated heterocycles. The van der Waals surface area contributed by atoms with Gasteiger partial charge in [0.2, 0.25) is 20.0 Å². The van der Waals surface area contributed by atoms with Crippen molar-refractivity contribution in [2.75, 3.05) is 33.3 Å². The van der Waals surface area contributed by atoms with Crippen molar-refractivity contribution < 1.29 is 21.6 Å². The van der Waals surface area contributed by atoms with E-state index >= 15 is 0 Å². The van der Waals surface area contributed by atoms with Gasteiger partial charge in [-0.2, -0.15) is 0 Å². The lowest BCUT2D eigenvalue weighted by Crippen LogP contribution is -2.52. The first-order chi connectivity index (χ1) is 12.2. The Morgan fingerprint density at radius 2 is 1.81 bits per heavy atom. The van der Waals surface area contributed by atoms with Gasteiger partial charge in [0.05, 0.1) is 11.9 Å². The van der Waals surface area contributed by atoms with Gasteiger partial charge < -0.3 is 4.74 Å². The molecule has 1 spiro atoms. The first-order valence-electron chi connectivity index (χ1n) is 8.92. The maximum Gasteiger partial charge on any atom is 0.246 e. The summed E-state index contributed by atoms with van der Waals surface area (Å²) in [5.41, 5.74) is -0.370. The van der Waals surface area contributed by atoms with Crippen molar-refractivity contribution in [3.8, 4) is 5.75 Å². The van der Waals surface area contributed by atoms with Crippen LogP contribution >= 0.6 is 0 Å². The van der Waals surface area contributed by atoms with Gasteiger partial charge in [-0.05, 0) is 37.8 Å². The third-order valence-corrected chi connectivity index (χ3v) is 9.96. The van der Waals surface area contributed by atoms with Crippen LogP contribution in [-0.2, 0) is 20.0 Å². The molecule has 1 aromatic carbocycles. The lowest BCUT2D eigenvalue weighted by molar-refractivity contribution is 0.0614. The summed E-state index contributed by atoms with van der Waals surface area (Å²) in [6.45, 7) is 1.58. The van der Waals surface area contributed by atoms with E-state index in [1.54, 1.807) is 35.6 Å². The first-order valence-corrected chi connectivity index (χ1v) is 11.9. The predicted molar refractivity (Wildman–Crippen MR) is 96.9 cm³/mol. The molecule has 0 aromatic heterocycles. The Morgan fingerprint density at radius 1 is 1.15 bits per heavy atom. The van der Waals surface area contributed by atoms with Gasteiger partial charge in [-0.25, -0.2) is 25.4 Å². The van der Waals surface area contributed by atoms with E-state index in [1.165, 1.54) is 4.31 Å². The number of rotatable bonds is 2. The number of ether oxygens (including phenoxy) is 1. The first kappa shape index (κ1) is 18.2. The van der Waals surface area contributed by atoms with Gasteiger partial charge in [0.15, 0.2) is 0 Å². The summed E-state index contributed by atoms with van der Waals surface area (Å²) in [4.78, 5) is 0.186. The Bertz CT molecular complexity index is 901. The lowest BCUT2D eigenvalue weighted by Gasteiger charge is -2.43. The van der Waals surface area contributed by atoms with Crippen LogP contribution in [-0.4, -0.2) is 64.0 Å². The third kappa shape index (κ3) is 3.04. The predicted octanol–water partition coefficient (Wildman–Crippen LogP) is 1.27. The fraction of sp³-hybridized carbons (Fsp3) is 0.647. The summed E-state index contributed by atoms with van der Waals surface area (Å²) in [6, 6.07) is 6.68. The summed E-state index contributed by atoms with van der Waals surface area (Å²) in [5, 5.41) is -0.208. The van der Waals surface area contributed by atoms with Gasteiger partial charge in [-0.3, -0.25) is 0 Å². The number of nitrogens with zero attached hydrogens (tertiary/aromatic N) is 2. The quantitative estimate of drug-likeness (QED) is 0.747. The maximum atomic E-state index is 12.9. The van der Waals surface area contributed by atoms with Gasteiger partial charge in [0, 0.05) is 32.1 Å². The summed E-state index contributed by atoms with van der Waals surface area (Å²) in [5.74, 6) is 0.367. The van der Waals surface area contributed by atoms with Gasteiger partial charge in [0.25, 0.3) is 0 Å². The van der Waals surface area contributed by atoms with Crippen LogP contribution in [0, 0.1) is 5.41 Å². The highest BCUT2D eigenvalue weighted by atomic mass is 32.2. The molecule has 144 valence electrons. The highest BCUT2D eigenvalue weighted by Gasteiger charge is 2.46. The van der Waals surface area contributed by atoms with Crippen molar-refractivity contribution in [3.05, 3.63) is 24.3 Å². The summed E-state index contributed by atoms with van der Waals surface area (Å²) in [6.07, 6.45) is 2.71. The molecule has 0 amide bonds. The van der Waals surface area contributed by atoms with Crippen LogP contribution in [0.25, 0.3) is 0 Å². The maximum absolute atomic E-state index is 12.9. The Morgan fingerprint density at radius 3 is 2.46 bits per heavy atom. The molecule has 0 radical (unpaired) electrons. The number of hydrogen-bond acceptors (Lipinski definition) is 5. The molecular formula is C17H24N2O5S2. The summed E-state index contributed by atoms with van der Waals surface area (Å²) < 4.78 is 59.5. The Kier molecular flexibility index (Phi) is 4.33. The second kappa shape index (κ2) is 6.19. The highest BCUT2D eigenvalue weighted by Crippen LogP contribution is 2.40. The second-order valence-electron chi connectivity index (χ2n) is 7.64. The molecule has 7 nitrogen and oxygen atoms in total. The smallest absolute Gasteiger partial charge is 0.246 e. The minimum atomic E-state index is -3.62. The number of sulfonamides is 2. The molecule has 0 unspecified atom stereocenters. The van der Waals surface area contributed by atoms with Gasteiger partial charge >= 0.3 is 0 Å². The zero-order chi connectivity index (χ0) is 18.6. The second-order valence-corrected chi connectivity index (χ2v) is 11.9. The molecule has 26 heavy (non-hydrogen) atoms. The third-order valence-electron chi connectivity index (χ3n) is 5.72. The molecule has 2 fully saturated rings. The van der Waals surface area contributed by atoms with Crippen molar-refractivity contribution in [1.82, 2.24) is 8.61 Å². The van der Waals surface area contributed by atoms with Crippen LogP contribution < -0.4 is 4.74 Å². The number of fused-ring (bicyclic) bond motifs is 1. The van der Waals surface area contributed by atoms with Gasteiger partial charge in [-0.15, -0.1) is 0 Å². The number of para-hydroxylation sites is 1. The average Bonchev–Trinajstić information content (AvgIpc) is 3.45. The minimum Gasteiger partial charge on any atom is -0.492 e. The number of piperidine rings is 1. The van der Waals surface area contributed by atoms with E-state index in [1.807, 2.05) is 0 Å². The lowest BCUT2D eigenvalue weighted by atomic mass is 9.79. The molecule has 2 aliphatic heterocycles. The summed E-state index contributed by atoms with van der Waals surface area (Å²) in [7, 11) is -5.22. The fourth-order valence-corrected chi connectivity index (χ4v) is 7.13. The molecule has 4 rings (SSSR count). The van der Waals surface area contributed by atoms with E-state index in [9.17, 15) is 16.8 Å². The van der Waals surface area contributed by atoms with Crippen molar-refractivity contribution >= 4 is 20.0 Å². The van der Waals surface area contributed by atoms with E-state index in [4.69, 9.17) is 4.74 Å². The molecule has 2 heterocycles. The van der Waals surface area contributed by atoms with Crippen LogP contribution in [0.4, 0.5) is 0 Å². The fourth-order valence-electron chi connectivity index (χ4n) is 3.88. The molecule has 1 saturated carbocycles. The van der Waals surface area contributed by atoms with E-state index < -0.39 is 20.0 Å². The van der Waals surface area contributed by atoms with Crippen molar-refractivity contribution in [2.45, 2.75) is 35.8 Å². The molecule has 0 N–H and O–H groups in total. The topological polar surface area (TPSA) is 84.0 Å². The van der Waals surface area contributed by atoms with Crippen LogP contribution in [0.3, 0.4) is 0 Å². The molecular weight excluding hydrogens is 376 g/mol. The standard InChI is InChI=1S/C17H24N2O5S2/c1-18-12-17(8-10-19(11-9-17)25(20,21)14-6-7-14)13-24-15-4-2-3-5-16(15)26(18,22)23/h2-5,14H,6-13H2,1H3. The Labute approximate surface area is 155 Å². The average molecular weight is 401 g/mol. The number of benzene rings is 1. The van der Waals surface area contributed by atoms with Crippen LogP contribution in [0.1, 0.15) is 25.7 Å². The minimum absolute atomic E-state index is 0.186. The van der Waals surface area contributed by atoms with Crippen LogP contribution in [0.5, 0.6) is 5.75 Å². The van der Waals surface area contributed by atoms with E-state index in [0.29, 0.717) is 44.8 Å². The zero-order valence-electron chi connectivity index (χ0n) is 14.8. The van der Waals surface area contributed by atoms with Gasteiger partial charge in [-0.1, -0.05) is 12.1 Å². The normalized spacial score (nSPS) is 26.5. The zero-order valence-corrected chi connectivity index (χ0v) is 16.4. The molecule has 9 heteroatoms. The van der Waals surface area contributed by atoms with Crippen LogP contribution in [0.2, 0.25) is 0 Å². The highest BCUT2D eigenvalue weighted by molar-refractivity contribution is 7.90. The molecule has 1 aromatic rings. The Balaban J connectivity index is 1.58. The molecule has 1 aliphatic carbocycles. The largest absolute Gasteiger partial charge is 0.492 e. The number of hydrogen-bond donors (Lipinski definition) is 0. The molecule has 0 bridgehead atoms. The van der Waals surface area contributed by atoms with Crippen molar-refractivity contribution in [3.63, 3.8) is 0 Å². The van der Waals surface area contributed by atoms with Crippen LogP contribution in [0.15, 0.2) is 29.2 Å². The summed E-state index contributed by atoms with van der Waals surface area (Å²) >= 11 is 0. The Hall–Kier alpha value is -1.16. The SMILES string of the molecule is CN1CC2(CCN(S(=O)(=O)C3CC3)CC2)COc2ccccc2S1(=O)=O. The monoisotopic (exact) mass is 400 g/mol. The van der Waals surface area contributed by atoms with E-state index in [-0.39, 0.29) is 15.6 Å². The van der Waals surface area contributed by atoms with Crippen molar-refractivity contribution in [2.24, 2.45) is 5.41 Å². The molecule has 0 atom stereocenters. The van der Waals surface area contributed by atoms with E-state index in [2.05, 4.69) is 0 Å².